The summed E-state index contributed by atoms with van der Waals surface area (Å²) in [5.74, 6) is 0. The van der Waals surface area contributed by atoms with Crippen LogP contribution in [0, 0.1) is 0 Å². The van der Waals surface area contributed by atoms with Gasteiger partial charge in [-0.2, -0.15) is 0 Å². The minimum absolute atomic E-state index is 0.197. The van der Waals surface area contributed by atoms with Crippen molar-refractivity contribution in [1.82, 2.24) is 5.32 Å². The molecule has 72 valence electrons. The van der Waals surface area contributed by atoms with Gasteiger partial charge in [0.15, 0.2) is 0 Å². The van der Waals surface area contributed by atoms with E-state index in [0.717, 1.165) is 19.4 Å². The summed E-state index contributed by atoms with van der Waals surface area (Å²) in [6.45, 7) is 6.35. The molecule has 0 aromatic heterocycles. The lowest BCUT2D eigenvalue weighted by molar-refractivity contribution is -0.0947. The molecule has 1 aliphatic heterocycles. The molecule has 3 heteroatoms. The summed E-state index contributed by atoms with van der Waals surface area (Å²) in [4.78, 5) is 0. The van der Waals surface area contributed by atoms with Crippen LogP contribution in [-0.2, 0) is 4.74 Å². The SMILES string of the molecule is CCNCC1(O)CCOC(C)C1. The Kier molecular flexibility index (Phi) is 3.50. The smallest absolute Gasteiger partial charge is 0.0818 e. The van der Waals surface area contributed by atoms with Crippen molar-refractivity contribution in [3.05, 3.63) is 0 Å². The zero-order valence-electron chi connectivity index (χ0n) is 7.97. The van der Waals surface area contributed by atoms with Gasteiger partial charge in [-0.25, -0.2) is 0 Å². The lowest BCUT2D eigenvalue weighted by atomic mass is 9.91. The van der Waals surface area contributed by atoms with Gasteiger partial charge in [0.1, 0.15) is 0 Å². The van der Waals surface area contributed by atoms with Crippen molar-refractivity contribution in [3.8, 4) is 0 Å². The van der Waals surface area contributed by atoms with Gasteiger partial charge in [-0.1, -0.05) is 6.92 Å². The molecule has 2 N–H and O–H groups in total. The first-order valence-electron chi connectivity index (χ1n) is 4.71. The van der Waals surface area contributed by atoms with E-state index >= 15 is 0 Å². The molecule has 1 rings (SSSR count). The molecule has 0 spiro atoms. The van der Waals surface area contributed by atoms with E-state index in [1.165, 1.54) is 0 Å². The lowest BCUT2D eigenvalue weighted by Crippen LogP contribution is -2.47. The first kappa shape index (κ1) is 9.96. The lowest BCUT2D eigenvalue weighted by Gasteiger charge is -2.35. The third-order valence-corrected chi connectivity index (χ3v) is 2.34. The molecule has 2 unspecified atom stereocenters. The Morgan fingerprint density at radius 1 is 1.67 bits per heavy atom. The molecular formula is C9H19NO2. The number of rotatable bonds is 3. The van der Waals surface area contributed by atoms with E-state index in [0.29, 0.717) is 13.2 Å². The van der Waals surface area contributed by atoms with Crippen LogP contribution in [0.1, 0.15) is 26.7 Å². The third kappa shape index (κ3) is 2.73. The number of hydrogen-bond donors (Lipinski definition) is 2. The highest BCUT2D eigenvalue weighted by molar-refractivity contribution is 4.86. The second kappa shape index (κ2) is 4.21. The number of likely N-dealkylation sites (N-methyl/N-ethyl adjacent to an activating group) is 1. The average Bonchev–Trinajstić information content (AvgIpc) is 2.01. The predicted molar refractivity (Wildman–Crippen MR) is 48.1 cm³/mol. The summed E-state index contributed by atoms with van der Waals surface area (Å²) in [5, 5.41) is 13.2. The quantitative estimate of drug-likeness (QED) is 0.654. The molecular weight excluding hydrogens is 154 g/mol. The molecule has 1 heterocycles. The second-order valence-corrected chi connectivity index (χ2v) is 3.64. The monoisotopic (exact) mass is 173 g/mol. The summed E-state index contributed by atoms with van der Waals surface area (Å²) in [6.07, 6.45) is 1.70. The maximum absolute atomic E-state index is 10.0. The van der Waals surface area contributed by atoms with Crippen LogP contribution < -0.4 is 5.32 Å². The van der Waals surface area contributed by atoms with E-state index in [2.05, 4.69) is 5.32 Å². The van der Waals surface area contributed by atoms with E-state index < -0.39 is 5.60 Å². The van der Waals surface area contributed by atoms with Crippen molar-refractivity contribution in [1.29, 1.82) is 0 Å². The number of aliphatic hydroxyl groups is 1. The van der Waals surface area contributed by atoms with Crippen molar-refractivity contribution in [2.75, 3.05) is 19.7 Å². The summed E-state index contributed by atoms with van der Waals surface area (Å²) >= 11 is 0. The van der Waals surface area contributed by atoms with Gasteiger partial charge in [0, 0.05) is 26.0 Å². The predicted octanol–water partition coefficient (Wildman–Crippen LogP) is 0.526. The average molecular weight is 173 g/mol. The van der Waals surface area contributed by atoms with Gasteiger partial charge in [0.05, 0.1) is 11.7 Å². The van der Waals surface area contributed by atoms with Gasteiger partial charge in [-0.05, 0) is 13.5 Å². The summed E-state index contributed by atoms with van der Waals surface area (Å²) < 4.78 is 5.37. The number of ether oxygens (including phenoxy) is 1. The highest BCUT2D eigenvalue weighted by Crippen LogP contribution is 2.23. The Balaban J connectivity index is 2.35. The number of hydrogen-bond acceptors (Lipinski definition) is 3. The third-order valence-electron chi connectivity index (χ3n) is 2.34. The van der Waals surface area contributed by atoms with Crippen LogP contribution in [0.15, 0.2) is 0 Å². The fraction of sp³-hybridized carbons (Fsp3) is 1.00. The Morgan fingerprint density at radius 3 is 3.00 bits per heavy atom. The topological polar surface area (TPSA) is 41.5 Å². The largest absolute Gasteiger partial charge is 0.388 e. The van der Waals surface area contributed by atoms with Crippen LogP contribution in [0.5, 0.6) is 0 Å². The minimum Gasteiger partial charge on any atom is -0.388 e. The van der Waals surface area contributed by atoms with E-state index in [9.17, 15) is 5.11 Å². The van der Waals surface area contributed by atoms with Crippen LogP contribution in [0.2, 0.25) is 0 Å². The first-order chi connectivity index (χ1) is 5.66. The van der Waals surface area contributed by atoms with E-state index in [1.54, 1.807) is 0 Å². The maximum Gasteiger partial charge on any atom is 0.0818 e. The Morgan fingerprint density at radius 2 is 2.42 bits per heavy atom. The highest BCUT2D eigenvalue weighted by Gasteiger charge is 2.32. The molecule has 3 nitrogen and oxygen atoms in total. The molecule has 1 fully saturated rings. The summed E-state index contributed by atoms with van der Waals surface area (Å²) in [5.41, 5.74) is -0.534. The van der Waals surface area contributed by atoms with E-state index in [4.69, 9.17) is 4.74 Å². The molecule has 1 saturated heterocycles. The minimum atomic E-state index is -0.534. The van der Waals surface area contributed by atoms with Crippen LogP contribution in [0.4, 0.5) is 0 Å². The molecule has 0 radical (unpaired) electrons. The zero-order valence-corrected chi connectivity index (χ0v) is 7.97. The first-order valence-corrected chi connectivity index (χ1v) is 4.71. The van der Waals surface area contributed by atoms with Gasteiger partial charge >= 0.3 is 0 Å². The van der Waals surface area contributed by atoms with Crippen molar-refractivity contribution in [2.24, 2.45) is 0 Å². The summed E-state index contributed by atoms with van der Waals surface area (Å²) in [7, 11) is 0. The molecule has 0 aromatic carbocycles. The van der Waals surface area contributed by atoms with Gasteiger partial charge < -0.3 is 15.2 Å². The molecule has 0 amide bonds. The molecule has 0 aliphatic carbocycles. The van der Waals surface area contributed by atoms with Gasteiger partial charge in [0.2, 0.25) is 0 Å². The van der Waals surface area contributed by atoms with Crippen molar-refractivity contribution in [2.45, 2.75) is 38.4 Å². The molecule has 1 aliphatic rings. The van der Waals surface area contributed by atoms with Crippen LogP contribution in [-0.4, -0.2) is 36.5 Å². The number of nitrogens with one attached hydrogen (secondary N) is 1. The molecule has 0 aromatic rings. The second-order valence-electron chi connectivity index (χ2n) is 3.64. The van der Waals surface area contributed by atoms with Gasteiger partial charge in [-0.3, -0.25) is 0 Å². The van der Waals surface area contributed by atoms with E-state index in [-0.39, 0.29) is 6.10 Å². The van der Waals surface area contributed by atoms with Crippen molar-refractivity contribution >= 4 is 0 Å². The van der Waals surface area contributed by atoms with Crippen LogP contribution >= 0.6 is 0 Å². The standard InChI is InChI=1S/C9H19NO2/c1-3-10-7-9(11)4-5-12-8(2)6-9/h8,10-11H,3-7H2,1-2H3. The normalized spacial score (nSPS) is 36.8. The molecule has 0 saturated carbocycles. The van der Waals surface area contributed by atoms with Crippen molar-refractivity contribution in [3.63, 3.8) is 0 Å². The fourth-order valence-corrected chi connectivity index (χ4v) is 1.66. The Hall–Kier alpha value is -0.120. The molecule has 0 bridgehead atoms. The van der Waals surface area contributed by atoms with Crippen molar-refractivity contribution < 1.29 is 9.84 Å². The highest BCUT2D eigenvalue weighted by atomic mass is 16.5. The van der Waals surface area contributed by atoms with Gasteiger partial charge in [0.25, 0.3) is 0 Å². The van der Waals surface area contributed by atoms with E-state index in [1.807, 2.05) is 13.8 Å². The molecule has 12 heavy (non-hydrogen) atoms. The van der Waals surface area contributed by atoms with Crippen LogP contribution in [0.3, 0.4) is 0 Å². The van der Waals surface area contributed by atoms with Crippen LogP contribution in [0.25, 0.3) is 0 Å². The Labute approximate surface area is 74.1 Å². The Bertz CT molecular complexity index is 140. The fourth-order valence-electron chi connectivity index (χ4n) is 1.66. The van der Waals surface area contributed by atoms with Gasteiger partial charge in [-0.15, -0.1) is 0 Å². The summed E-state index contributed by atoms with van der Waals surface area (Å²) in [6, 6.07) is 0. The maximum atomic E-state index is 10.0. The zero-order chi connectivity index (χ0) is 9.03. The molecule has 2 atom stereocenters.